The van der Waals surface area contributed by atoms with Crippen molar-refractivity contribution in [1.29, 1.82) is 0 Å². The third-order valence-corrected chi connectivity index (χ3v) is 4.26. The number of hydrogen-bond donors (Lipinski definition) is 2. The maximum absolute atomic E-state index is 12.4. The average Bonchev–Trinajstić information content (AvgIpc) is 2.70. The number of halogens is 2. The first-order valence-electron chi connectivity index (χ1n) is 7.04. The molecule has 1 fully saturated rings. The third kappa shape index (κ3) is 6.10. The normalized spacial score (nSPS) is 17.8. The quantitative estimate of drug-likeness (QED) is 0.874. The van der Waals surface area contributed by atoms with Gasteiger partial charge in [0.2, 0.25) is 0 Å². The van der Waals surface area contributed by atoms with Crippen LogP contribution in [0.5, 0.6) is 0 Å². The predicted octanol–water partition coefficient (Wildman–Crippen LogP) is 2.98. The van der Waals surface area contributed by atoms with Gasteiger partial charge in [-0.3, -0.25) is 4.79 Å². The lowest BCUT2D eigenvalue weighted by Crippen LogP contribution is -2.45. The van der Waals surface area contributed by atoms with Crippen molar-refractivity contribution in [1.82, 2.24) is 15.6 Å². The number of amides is 1. The van der Waals surface area contributed by atoms with Crippen molar-refractivity contribution in [3.05, 3.63) is 15.6 Å². The van der Waals surface area contributed by atoms with Gasteiger partial charge >= 0.3 is 0 Å². The summed E-state index contributed by atoms with van der Waals surface area (Å²) in [5.74, 6) is 0.569. The molecule has 0 saturated carbocycles. The molecule has 1 aliphatic rings. The summed E-state index contributed by atoms with van der Waals surface area (Å²) in [5, 5.41) is 7.42. The fourth-order valence-electron chi connectivity index (χ4n) is 2.40. The van der Waals surface area contributed by atoms with Gasteiger partial charge in [-0.1, -0.05) is 13.8 Å². The number of piperidine rings is 1. The van der Waals surface area contributed by atoms with E-state index in [1.807, 2.05) is 6.92 Å². The highest BCUT2D eigenvalue weighted by atomic mass is 35.5. The van der Waals surface area contributed by atoms with Crippen molar-refractivity contribution < 1.29 is 4.79 Å². The van der Waals surface area contributed by atoms with E-state index in [-0.39, 0.29) is 36.8 Å². The zero-order chi connectivity index (χ0) is 13.8. The van der Waals surface area contributed by atoms with Crippen LogP contribution in [-0.4, -0.2) is 30.0 Å². The molecule has 1 saturated heterocycles. The summed E-state index contributed by atoms with van der Waals surface area (Å²) in [7, 11) is 0. The Morgan fingerprint density at radius 1 is 1.48 bits per heavy atom. The van der Waals surface area contributed by atoms with E-state index in [1.165, 1.54) is 11.3 Å². The number of aromatic nitrogens is 1. The van der Waals surface area contributed by atoms with Crippen molar-refractivity contribution in [2.45, 2.75) is 46.1 Å². The van der Waals surface area contributed by atoms with Crippen LogP contribution in [0.2, 0.25) is 0 Å². The van der Waals surface area contributed by atoms with Gasteiger partial charge in [-0.15, -0.1) is 36.2 Å². The zero-order valence-electron chi connectivity index (χ0n) is 12.8. The number of nitrogens with zero attached hydrogens (tertiary/aromatic N) is 1. The SMILES string of the molecule is Cc1nc(CC(C)C)c(C(=O)NC2CCCNC2)s1.Cl.Cl. The molecule has 122 valence electrons. The van der Waals surface area contributed by atoms with Gasteiger partial charge in [-0.25, -0.2) is 4.98 Å². The maximum atomic E-state index is 12.4. The van der Waals surface area contributed by atoms with Crippen LogP contribution in [0, 0.1) is 12.8 Å². The molecule has 0 spiro atoms. The van der Waals surface area contributed by atoms with Gasteiger partial charge in [0.25, 0.3) is 5.91 Å². The van der Waals surface area contributed by atoms with E-state index in [1.54, 1.807) is 0 Å². The van der Waals surface area contributed by atoms with E-state index >= 15 is 0 Å². The summed E-state index contributed by atoms with van der Waals surface area (Å²) in [6.45, 7) is 8.21. The summed E-state index contributed by atoms with van der Waals surface area (Å²) in [6.07, 6.45) is 3.07. The molecule has 2 N–H and O–H groups in total. The van der Waals surface area contributed by atoms with Gasteiger partial charge in [0.15, 0.2) is 0 Å². The summed E-state index contributed by atoms with van der Waals surface area (Å²) >= 11 is 1.51. The number of nitrogens with one attached hydrogen (secondary N) is 2. The van der Waals surface area contributed by atoms with E-state index < -0.39 is 0 Å². The molecule has 4 nitrogen and oxygen atoms in total. The van der Waals surface area contributed by atoms with Crippen LogP contribution < -0.4 is 10.6 Å². The second-order valence-electron chi connectivity index (χ2n) is 5.62. The first kappa shape index (κ1) is 20.6. The molecule has 7 heteroatoms. The Morgan fingerprint density at radius 3 is 2.76 bits per heavy atom. The minimum atomic E-state index is 0. The van der Waals surface area contributed by atoms with Crippen molar-refractivity contribution in [3.63, 3.8) is 0 Å². The molecule has 0 bridgehead atoms. The lowest BCUT2D eigenvalue weighted by atomic mass is 10.1. The Morgan fingerprint density at radius 2 is 2.19 bits per heavy atom. The third-order valence-electron chi connectivity index (χ3n) is 3.24. The molecule has 21 heavy (non-hydrogen) atoms. The van der Waals surface area contributed by atoms with Crippen molar-refractivity contribution >= 4 is 42.1 Å². The van der Waals surface area contributed by atoms with Gasteiger partial charge in [0, 0.05) is 12.6 Å². The summed E-state index contributed by atoms with van der Waals surface area (Å²) < 4.78 is 0. The number of aryl methyl sites for hydroxylation is 1. The smallest absolute Gasteiger partial charge is 0.263 e. The monoisotopic (exact) mass is 353 g/mol. The molecular formula is C14H25Cl2N3OS. The summed E-state index contributed by atoms with van der Waals surface area (Å²) in [6, 6.07) is 0.260. The predicted molar refractivity (Wildman–Crippen MR) is 93.2 cm³/mol. The molecule has 0 aliphatic carbocycles. The van der Waals surface area contributed by atoms with Crippen LogP contribution >= 0.6 is 36.2 Å². The largest absolute Gasteiger partial charge is 0.347 e. The molecule has 1 amide bonds. The Labute approximate surface area is 143 Å². The first-order chi connectivity index (χ1) is 9.06. The van der Waals surface area contributed by atoms with Gasteiger partial charge in [0.05, 0.1) is 10.7 Å². The van der Waals surface area contributed by atoms with Gasteiger partial charge in [0.1, 0.15) is 4.88 Å². The van der Waals surface area contributed by atoms with Crippen LogP contribution in [0.4, 0.5) is 0 Å². The molecule has 1 aromatic rings. The number of thiazole rings is 1. The lowest BCUT2D eigenvalue weighted by molar-refractivity contribution is 0.0933. The number of carbonyl (C=O) groups excluding carboxylic acids is 1. The highest BCUT2D eigenvalue weighted by Gasteiger charge is 2.21. The maximum Gasteiger partial charge on any atom is 0.263 e. The highest BCUT2D eigenvalue weighted by Crippen LogP contribution is 2.21. The van der Waals surface area contributed by atoms with E-state index in [2.05, 4.69) is 29.5 Å². The molecule has 1 atom stereocenters. The number of carbonyl (C=O) groups is 1. The van der Waals surface area contributed by atoms with Crippen LogP contribution in [0.1, 0.15) is 47.1 Å². The Bertz CT molecular complexity index is 445. The second kappa shape index (κ2) is 9.62. The van der Waals surface area contributed by atoms with Crippen molar-refractivity contribution in [2.75, 3.05) is 13.1 Å². The summed E-state index contributed by atoms with van der Waals surface area (Å²) in [4.78, 5) is 17.7. The lowest BCUT2D eigenvalue weighted by Gasteiger charge is -2.23. The Balaban J connectivity index is 0.00000200. The van der Waals surface area contributed by atoms with Crippen LogP contribution in [-0.2, 0) is 6.42 Å². The van der Waals surface area contributed by atoms with Crippen LogP contribution in [0.3, 0.4) is 0 Å². The molecule has 1 aromatic heterocycles. The van der Waals surface area contributed by atoms with Crippen molar-refractivity contribution in [2.24, 2.45) is 5.92 Å². The van der Waals surface area contributed by atoms with E-state index in [9.17, 15) is 4.79 Å². The highest BCUT2D eigenvalue weighted by molar-refractivity contribution is 7.13. The van der Waals surface area contributed by atoms with Crippen molar-refractivity contribution in [3.8, 4) is 0 Å². The van der Waals surface area contributed by atoms with Gasteiger partial charge in [-0.05, 0) is 38.6 Å². The minimum absolute atomic E-state index is 0. The molecule has 1 unspecified atom stereocenters. The molecule has 0 radical (unpaired) electrons. The molecule has 0 aromatic carbocycles. The van der Waals surface area contributed by atoms with E-state index in [0.717, 1.165) is 47.9 Å². The van der Waals surface area contributed by atoms with Gasteiger partial charge < -0.3 is 10.6 Å². The van der Waals surface area contributed by atoms with E-state index in [4.69, 9.17) is 0 Å². The standard InChI is InChI=1S/C14H23N3OS.2ClH/c1-9(2)7-12-13(19-10(3)16-12)14(18)17-11-5-4-6-15-8-11;;/h9,11,15H,4-8H2,1-3H3,(H,17,18);2*1H. The molecule has 1 aliphatic heterocycles. The molecule has 2 heterocycles. The molecule has 2 rings (SSSR count). The average molecular weight is 354 g/mol. The fourth-order valence-corrected chi connectivity index (χ4v) is 3.25. The summed E-state index contributed by atoms with van der Waals surface area (Å²) in [5.41, 5.74) is 0.957. The number of rotatable bonds is 4. The fraction of sp³-hybridized carbons (Fsp3) is 0.714. The zero-order valence-corrected chi connectivity index (χ0v) is 15.2. The number of hydrogen-bond acceptors (Lipinski definition) is 4. The van der Waals surface area contributed by atoms with E-state index in [0.29, 0.717) is 5.92 Å². The van der Waals surface area contributed by atoms with Gasteiger partial charge in [-0.2, -0.15) is 0 Å². The first-order valence-corrected chi connectivity index (χ1v) is 7.85. The minimum Gasteiger partial charge on any atom is -0.347 e. The Kier molecular flexibility index (Phi) is 9.45. The van der Waals surface area contributed by atoms with Crippen LogP contribution in [0.25, 0.3) is 0 Å². The topological polar surface area (TPSA) is 54.0 Å². The second-order valence-corrected chi connectivity index (χ2v) is 6.83. The molecular weight excluding hydrogens is 329 g/mol. The Hall–Kier alpha value is -0.360. The van der Waals surface area contributed by atoms with Crippen LogP contribution in [0.15, 0.2) is 0 Å².